The number of nitrogens with zero attached hydrogens (tertiary/aromatic N) is 1. The molecule has 0 fully saturated rings. The number of benzene rings is 4. The first kappa shape index (κ1) is 27.5. The van der Waals surface area contributed by atoms with Crippen molar-refractivity contribution >= 4 is 12.1 Å². The molecule has 0 bridgehead atoms. The molecule has 0 radical (unpaired) electrons. The summed E-state index contributed by atoms with van der Waals surface area (Å²) in [4.78, 5) is 12.2. The molecule has 0 saturated heterocycles. The fourth-order valence-corrected chi connectivity index (χ4v) is 4.16. The molecule has 39 heavy (non-hydrogen) atoms. The summed E-state index contributed by atoms with van der Waals surface area (Å²) in [6.07, 6.45) is 2.35. The fraction of sp³-hybridized carbons (Fsp3) is 0.212. The topological polar surface area (TPSA) is 69.2 Å². The molecule has 0 saturated carbocycles. The number of methoxy groups -OCH3 is 1. The Morgan fingerprint density at radius 2 is 1.49 bits per heavy atom. The Hall–Kier alpha value is -4.58. The van der Waals surface area contributed by atoms with Gasteiger partial charge in [0.15, 0.2) is 18.1 Å². The highest BCUT2D eigenvalue weighted by Crippen LogP contribution is 2.32. The Morgan fingerprint density at radius 1 is 0.821 bits per heavy atom. The van der Waals surface area contributed by atoms with Gasteiger partial charge in [-0.05, 0) is 52.6 Å². The molecule has 0 aromatic heterocycles. The third kappa shape index (κ3) is 7.71. The number of hydrogen-bond donors (Lipinski definition) is 1. The molecule has 1 N–H and O–H groups in total. The molecule has 0 unspecified atom stereocenters. The highest BCUT2D eigenvalue weighted by Gasteiger charge is 2.22. The summed E-state index contributed by atoms with van der Waals surface area (Å²) in [6.45, 7) is 4.77. The van der Waals surface area contributed by atoms with E-state index in [9.17, 15) is 4.79 Å². The van der Waals surface area contributed by atoms with Gasteiger partial charge >= 0.3 is 0 Å². The first-order chi connectivity index (χ1) is 19.0. The van der Waals surface area contributed by atoms with Gasteiger partial charge in [0.1, 0.15) is 5.75 Å². The lowest BCUT2D eigenvalue weighted by Crippen LogP contribution is -2.24. The third-order valence-electron chi connectivity index (χ3n) is 6.52. The minimum Gasteiger partial charge on any atom is -0.493 e. The van der Waals surface area contributed by atoms with E-state index in [1.54, 1.807) is 13.3 Å². The van der Waals surface area contributed by atoms with Crippen LogP contribution in [0.15, 0.2) is 108 Å². The van der Waals surface area contributed by atoms with Gasteiger partial charge in [-0.2, -0.15) is 5.10 Å². The number of hydrogen-bond acceptors (Lipinski definition) is 5. The van der Waals surface area contributed by atoms with Gasteiger partial charge in [-0.3, -0.25) is 4.79 Å². The maximum absolute atomic E-state index is 12.2. The third-order valence-corrected chi connectivity index (χ3v) is 6.52. The van der Waals surface area contributed by atoms with E-state index in [-0.39, 0.29) is 17.9 Å². The predicted molar refractivity (Wildman–Crippen MR) is 155 cm³/mol. The number of carbonyl (C=O) groups is 1. The fourth-order valence-electron chi connectivity index (χ4n) is 4.16. The molecule has 4 aromatic carbocycles. The Morgan fingerprint density at radius 3 is 2.18 bits per heavy atom. The highest BCUT2D eigenvalue weighted by atomic mass is 16.5. The molecule has 1 amide bonds. The van der Waals surface area contributed by atoms with E-state index in [1.807, 2.05) is 78.9 Å². The first-order valence-electron chi connectivity index (χ1n) is 12.9. The van der Waals surface area contributed by atoms with Crippen molar-refractivity contribution in [2.45, 2.75) is 25.7 Å². The second-order valence-electron chi connectivity index (χ2n) is 9.59. The van der Waals surface area contributed by atoms with E-state index in [4.69, 9.17) is 14.2 Å². The summed E-state index contributed by atoms with van der Waals surface area (Å²) >= 11 is 0. The maximum Gasteiger partial charge on any atom is 0.277 e. The van der Waals surface area contributed by atoms with Crippen molar-refractivity contribution in [1.82, 2.24) is 5.43 Å². The highest BCUT2D eigenvalue weighted by molar-refractivity contribution is 5.83. The van der Waals surface area contributed by atoms with Gasteiger partial charge in [0.2, 0.25) is 0 Å². The maximum atomic E-state index is 12.2. The second kappa shape index (κ2) is 13.3. The van der Waals surface area contributed by atoms with Crippen LogP contribution in [0.3, 0.4) is 0 Å². The number of hydrazone groups is 1. The standard InChI is InChI=1S/C33H34N2O4/c1-33(2,27-12-8-5-9-13-27)28-15-17-29(18-16-28)39-24-32(36)35-34-23-26-14-19-30(31(22-26)37-3)38-21-20-25-10-6-4-7-11-25/h4-19,22-23H,20-21,24H2,1-3H3,(H,35,36)/b34-23+. The van der Waals surface area contributed by atoms with Gasteiger partial charge in [0, 0.05) is 11.8 Å². The lowest BCUT2D eigenvalue weighted by Gasteiger charge is -2.26. The van der Waals surface area contributed by atoms with E-state index in [1.165, 1.54) is 11.1 Å². The van der Waals surface area contributed by atoms with Crippen LogP contribution < -0.4 is 19.6 Å². The molecule has 4 rings (SSSR count). The number of rotatable bonds is 12. The van der Waals surface area contributed by atoms with Crippen molar-refractivity contribution in [3.63, 3.8) is 0 Å². The second-order valence-corrected chi connectivity index (χ2v) is 9.59. The van der Waals surface area contributed by atoms with Gasteiger partial charge < -0.3 is 14.2 Å². The van der Waals surface area contributed by atoms with E-state index in [2.05, 4.69) is 48.6 Å². The van der Waals surface area contributed by atoms with Crippen LogP contribution in [0.1, 0.15) is 36.1 Å². The van der Waals surface area contributed by atoms with Crippen LogP contribution in [-0.4, -0.2) is 32.4 Å². The van der Waals surface area contributed by atoms with Crippen molar-refractivity contribution in [3.8, 4) is 17.2 Å². The Bertz CT molecular complexity index is 1370. The van der Waals surface area contributed by atoms with Crippen LogP contribution in [-0.2, 0) is 16.6 Å². The minimum atomic E-state index is -0.354. The monoisotopic (exact) mass is 522 g/mol. The molecule has 0 heterocycles. The van der Waals surface area contributed by atoms with Gasteiger partial charge in [-0.25, -0.2) is 5.43 Å². The number of amides is 1. The van der Waals surface area contributed by atoms with Crippen LogP contribution in [0, 0.1) is 0 Å². The molecule has 6 heteroatoms. The van der Waals surface area contributed by atoms with Crippen LogP contribution in [0.4, 0.5) is 0 Å². The first-order valence-corrected chi connectivity index (χ1v) is 12.9. The molecule has 0 aliphatic rings. The van der Waals surface area contributed by atoms with Crippen molar-refractivity contribution in [2.24, 2.45) is 5.10 Å². The summed E-state index contributed by atoms with van der Waals surface area (Å²) < 4.78 is 17.0. The SMILES string of the molecule is COc1cc(/C=N/NC(=O)COc2ccc(C(C)(C)c3ccccc3)cc2)ccc1OCCc1ccccc1. The summed E-state index contributed by atoms with van der Waals surface area (Å²) in [5, 5.41) is 4.04. The van der Waals surface area contributed by atoms with Gasteiger partial charge in [-0.1, -0.05) is 86.6 Å². The molecule has 0 spiro atoms. The summed E-state index contributed by atoms with van der Waals surface area (Å²) in [5.41, 5.74) is 6.73. The van der Waals surface area contributed by atoms with Gasteiger partial charge in [0.25, 0.3) is 5.91 Å². The molecule has 0 atom stereocenters. The lowest BCUT2D eigenvalue weighted by atomic mass is 9.78. The molecule has 0 aliphatic carbocycles. The molecule has 6 nitrogen and oxygen atoms in total. The quantitative estimate of drug-likeness (QED) is 0.178. The van der Waals surface area contributed by atoms with Crippen molar-refractivity contribution < 1.29 is 19.0 Å². The zero-order chi connectivity index (χ0) is 27.5. The van der Waals surface area contributed by atoms with E-state index in [0.717, 1.165) is 17.5 Å². The predicted octanol–water partition coefficient (Wildman–Crippen LogP) is 6.17. The van der Waals surface area contributed by atoms with E-state index < -0.39 is 0 Å². The van der Waals surface area contributed by atoms with Crippen molar-refractivity contribution in [1.29, 1.82) is 0 Å². The molecule has 0 aliphatic heterocycles. The Kier molecular flexibility index (Phi) is 9.35. The largest absolute Gasteiger partial charge is 0.493 e. The average Bonchev–Trinajstić information content (AvgIpc) is 2.98. The normalized spacial score (nSPS) is 11.3. The van der Waals surface area contributed by atoms with Crippen LogP contribution >= 0.6 is 0 Å². The van der Waals surface area contributed by atoms with Gasteiger partial charge in [0.05, 0.1) is 19.9 Å². The minimum absolute atomic E-state index is 0.138. The summed E-state index contributed by atoms with van der Waals surface area (Å²) in [5.74, 6) is 1.52. The lowest BCUT2D eigenvalue weighted by molar-refractivity contribution is -0.123. The summed E-state index contributed by atoms with van der Waals surface area (Å²) in [6, 6.07) is 33.8. The molecule has 200 valence electrons. The molecule has 4 aromatic rings. The smallest absolute Gasteiger partial charge is 0.277 e. The van der Waals surface area contributed by atoms with Gasteiger partial charge in [-0.15, -0.1) is 0 Å². The summed E-state index contributed by atoms with van der Waals surface area (Å²) in [7, 11) is 1.59. The van der Waals surface area contributed by atoms with E-state index >= 15 is 0 Å². The van der Waals surface area contributed by atoms with E-state index in [0.29, 0.717) is 23.9 Å². The Labute approximate surface area is 230 Å². The molecular weight excluding hydrogens is 488 g/mol. The number of carbonyl (C=O) groups excluding carboxylic acids is 1. The van der Waals surface area contributed by atoms with Crippen molar-refractivity contribution in [2.75, 3.05) is 20.3 Å². The Balaban J connectivity index is 1.24. The van der Waals surface area contributed by atoms with Crippen molar-refractivity contribution in [3.05, 3.63) is 125 Å². The van der Waals surface area contributed by atoms with Crippen LogP contribution in [0.25, 0.3) is 0 Å². The average molecular weight is 523 g/mol. The zero-order valence-electron chi connectivity index (χ0n) is 22.6. The zero-order valence-corrected chi connectivity index (χ0v) is 22.6. The number of nitrogens with one attached hydrogen (secondary N) is 1. The van der Waals surface area contributed by atoms with Crippen LogP contribution in [0.5, 0.6) is 17.2 Å². The van der Waals surface area contributed by atoms with Crippen LogP contribution in [0.2, 0.25) is 0 Å². The molecular formula is C33H34N2O4. The number of ether oxygens (including phenoxy) is 3.